The lowest BCUT2D eigenvalue weighted by Gasteiger charge is -2.12. The molecule has 0 aliphatic heterocycles. The first-order valence-electron chi connectivity index (χ1n) is 5.97. The number of hydrogen-bond acceptors (Lipinski definition) is 2. The van der Waals surface area contributed by atoms with E-state index in [1.807, 2.05) is 31.2 Å². The number of halogens is 3. The van der Waals surface area contributed by atoms with Gasteiger partial charge in [0.15, 0.2) is 0 Å². The summed E-state index contributed by atoms with van der Waals surface area (Å²) in [4.78, 5) is 12.4. The average molecular weight is 312 g/mol. The standard InChI is InChI=1S/C15H11F3O2S/c1-9-4-2-3-5-13(9)21-10-6-7-12(15(16,17)18)11(8-10)14(19)20/h2-8H,1H3,(H,19,20). The second kappa shape index (κ2) is 5.81. The molecule has 21 heavy (non-hydrogen) atoms. The van der Waals surface area contributed by atoms with Crippen LogP contribution in [0.5, 0.6) is 0 Å². The summed E-state index contributed by atoms with van der Waals surface area (Å²) in [6, 6.07) is 10.5. The number of carboxylic acids is 1. The zero-order valence-electron chi connectivity index (χ0n) is 10.9. The molecular weight excluding hydrogens is 301 g/mol. The maximum absolute atomic E-state index is 12.8. The summed E-state index contributed by atoms with van der Waals surface area (Å²) in [6.07, 6.45) is -4.68. The molecule has 0 aliphatic carbocycles. The van der Waals surface area contributed by atoms with Crippen LogP contribution in [0.4, 0.5) is 13.2 Å². The number of rotatable bonds is 3. The normalized spacial score (nSPS) is 11.4. The second-order valence-corrected chi connectivity index (χ2v) is 5.49. The number of carbonyl (C=O) groups is 1. The van der Waals surface area contributed by atoms with Crippen LogP contribution in [0.2, 0.25) is 0 Å². The highest BCUT2D eigenvalue weighted by Gasteiger charge is 2.35. The predicted molar refractivity (Wildman–Crippen MR) is 73.7 cm³/mol. The van der Waals surface area contributed by atoms with Crippen LogP contribution in [0.3, 0.4) is 0 Å². The Morgan fingerprint density at radius 1 is 1.14 bits per heavy atom. The van der Waals surface area contributed by atoms with E-state index < -0.39 is 23.3 Å². The van der Waals surface area contributed by atoms with Gasteiger partial charge in [0.25, 0.3) is 0 Å². The van der Waals surface area contributed by atoms with Crippen LogP contribution in [0.15, 0.2) is 52.3 Å². The van der Waals surface area contributed by atoms with Crippen LogP contribution in [0, 0.1) is 6.92 Å². The van der Waals surface area contributed by atoms with E-state index in [2.05, 4.69) is 0 Å². The first kappa shape index (κ1) is 15.4. The molecule has 0 aromatic heterocycles. The Bertz CT molecular complexity index is 681. The lowest BCUT2D eigenvalue weighted by Crippen LogP contribution is -2.12. The summed E-state index contributed by atoms with van der Waals surface area (Å²) in [5.41, 5.74) is -0.899. The molecule has 0 saturated heterocycles. The molecule has 1 N–H and O–H groups in total. The molecule has 0 radical (unpaired) electrons. The molecule has 0 fully saturated rings. The third-order valence-corrected chi connectivity index (χ3v) is 4.02. The molecule has 2 nitrogen and oxygen atoms in total. The molecule has 0 spiro atoms. The summed E-state index contributed by atoms with van der Waals surface area (Å²) in [5, 5.41) is 8.96. The molecule has 0 heterocycles. The van der Waals surface area contributed by atoms with E-state index in [4.69, 9.17) is 5.11 Å². The van der Waals surface area contributed by atoms with Crippen molar-refractivity contribution in [2.24, 2.45) is 0 Å². The molecule has 0 aliphatic rings. The Morgan fingerprint density at radius 3 is 2.38 bits per heavy atom. The van der Waals surface area contributed by atoms with E-state index in [1.54, 1.807) is 0 Å². The minimum atomic E-state index is -4.68. The van der Waals surface area contributed by atoms with Gasteiger partial charge in [0.1, 0.15) is 0 Å². The van der Waals surface area contributed by atoms with Gasteiger partial charge in [-0.2, -0.15) is 13.2 Å². The van der Waals surface area contributed by atoms with E-state index in [0.717, 1.165) is 22.6 Å². The third-order valence-electron chi connectivity index (χ3n) is 2.85. The molecule has 0 unspecified atom stereocenters. The summed E-state index contributed by atoms with van der Waals surface area (Å²) in [5.74, 6) is -1.59. The van der Waals surface area contributed by atoms with Crippen molar-refractivity contribution in [3.63, 3.8) is 0 Å². The fourth-order valence-corrected chi connectivity index (χ4v) is 2.75. The number of aromatic carboxylic acids is 1. The molecule has 2 aromatic carbocycles. The van der Waals surface area contributed by atoms with Crippen LogP contribution >= 0.6 is 11.8 Å². The van der Waals surface area contributed by atoms with Crippen LogP contribution in [0.1, 0.15) is 21.5 Å². The maximum atomic E-state index is 12.8. The van der Waals surface area contributed by atoms with Gasteiger partial charge in [-0.1, -0.05) is 30.0 Å². The monoisotopic (exact) mass is 312 g/mol. The van der Waals surface area contributed by atoms with Crippen LogP contribution in [-0.2, 0) is 6.18 Å². The van der Waals surface area contributed by atoms with E-state index in [0.29, 0.717) is 4.90 Å². The Morgan fingerprint density at radius 2 is 1.81 bits per heavy atom. The van der Waals surface area contributed by atoms with Gasteiger partial charge in [-0.15, -0.1) is 0 Å². The second-order valence-electron chi connectivity index (χ2n) is 4.38. The van der Waals surface area contributed by atoms with Gasteiger partial charge in [-0.25, -0.2) is 4.79 Å². The molecule has 0 saturated carbocycles. The lowest BCUT2D eigenvalue weighted by molar-refractivity contribution is -0.138. The highest BCUT2D eigenvalue weighted by molar-refractivity contribution is 7.99. The zero-order valence-corrected chi connectivity index (χ0v) is 11.8. The fourth-order valence-electron chi connectivity index (χ4n) is 1.81. The largest absolute Gasteiger partial charge is 0.478 e. The molecule has 2 rings (SSSR count). The number of alkyl halides is 3. The van der Waals surface area contributed by atoms with Crippen molar-refractivity contribution in [2.45, 2.75) is 22.9 Å². The van der Waals surface area contributed by atoms with Gasteiger partial charge in [-0.05, 0) is 36.8 Å². The van der Waals surface area contributed by atoms with Crippen molar-refractivity contribution < 1.29 is 23.1 Å². The summed E-state index contributed by atoms with van der Waals surface area (Å²) in [6.45, 7) is 1.88. The van der Waals surface area contributed by atoms with Crippen molar-refractivity contribution in [1.29, 1.82) is 0 Å². The number of benzene rings is 2. The Hall–Kier alpha value is -1.95. The SMILES string of the molecule is Cc1ccccc1Sc1ccc(C(F)(F)F)c(C(=O)O)c1. The van der Waals surface area contributed by atoms with Crippen molar-refractivity contribution >= 4 is 17.7 Å². The molecule has 2 aromatic rings. The highest BCUT2D eigenvalue weighted by Crippen LogP contribution is 2.36. The minimum Gasteiger partial charge on any atom is -0.478 e. The van der Waals surface area contributed by atoms with Crippen molar-refractivity contribution in [3.8, 4) is 0 Å². The quantitative estimate of drug-likeness (QED) is 0.879. The van der Waals surface area contributed by atoms with Crippen LogP contribution < -0.4 is 0 Å². The molecule has 0 amide bonds. The van der Waals surface area contributed by atoms with Gasteiger partial charge in [0.05, 0.1) is 11.1 Å². The minimum absolute atomic E-state index is 0.453. The van der Waals surface area contributed by atoms with Gasteiger partial charge >= 0.3 is 12.1 Å². The zero-order chi connectivity index (χ0) is 15.6. The fraction of sp³-hybridized carbons (Fsp3) is 0.133. The van der Waals surface area contributed by atoms with E-state index in [-0.39, 0.29) is 0 Å². The third kappa shape index (κ3) is 3.58. The predicted octanol–water partition coefficient (Wildman–Crippen LogP) is 4.86. The van der Waals surface area contributed by atoms with Crippen LogP contribution in [0.25, 0.3) is 0 Å². The number of aryl methyl sites for hydroxylation is 1. The van der Waals surface area contributed by atoms with Gasteiger partial charge in [0, 0.05) is 9.79 Å². The van der Waals surface area contributed by atoms with Gasteiger partial charge in [0.2, 0.25) is 0 Å². The van der Waals surface area contributed by atoms with Crippen LogP contribution in [-0.4, -0.2) is 11.1 Å². The van der Waals surface area contributed by atoms with E-state index >= 15 is 0 Å². The first-order valence-corrected chi connectivity index (χ1v) is 6.78. The lowest BCUT2D eigenvalue weighted by atomic mass is 10.1. The number of carboxylic acid groups (broad SMARTS) is 1. The Labute approximate surface area is 123 Å². The number of hydrogen-bond donors (Lipinski definition) is 1. The summed E-state index contributed by atoms with van der Waals surface area (Å²) in [7, 11) is 0. The Kier molecular flexibility index (Phi) is 4.27. The summed E-state index contributed by atoms with van der Waals surface area (Å²) >= 11 is 1.23. The first-order chi connectivity index (χ1) is 9.79. The van der Waals surface area contributed by atoms with Gasteiger partial charge in [-0.3, -0.25) is 0 Å². The molecular formula is C15H11F3O2S. The molecule has 110 valence electrons. The average Bonchev–Trinajstić information content (AvgIpc) is 2.40. The van der Waals surface area contributed by atoms with Crippen molar-refractivity contribution in [2.75, 3.05) is 0 Å². The van der Waals surface area contributed by atoms with Crippen molar-refractivity contribution in [1.82, 2.24) is 0 Å². The van der Waals surface area contributed by atoms with E-state index in [9.17, 15) is 18.0 Å². The van der Waals surface area contributed by atoms with Crippen molar-refractivity contribution in [3.05, 3.63) is 59.2 Å². The highest BCUT2D eigenvalue weighted by atomic mass is 32.2. The van der Waals surface area contributed by atoms with E-state index in [1.165, 1.54) is 17.8 Å². The van der Waals surface area contributed by atoms with Gasteiger partial charge < -0.3 is 5.11 Å². The molecule has 0 atom stereocenters. The summed E-state index contributed by atoms with van der Waals surface area (Å²) < 4.78 is 38.3. The smallest absolute Gasteiger partial charge is 0.417 e. The molecule has 0 bridgehead atoms. The maximum Gasteiger partial charge on any atom is 0.417 e. The molecule has 6 heteroatoms. The Balaban J connectivity index is 2.42. The topological polar surface area (TPSA) is 37.3 Å².